The zero-order valence-corrected chi connectivity index (χ0v) is 10.1. The maximum Gasteiger partial charge on any atom is 0.277 e. The molecule has 0 heterocycles. The average molecular weight is 263 g/mol. The van der Waals surface area contributed by atoms with Crippen molar-refractivity contribution in [1.29, 1.82) is 0 Å². The van der Waals surface area contributed by atoms with Crippen LogP contribution in [-0.2, 0) is 0 Å². The lowest BCUT2D eigenvalue weighted by atomic mass is 9.99. The van der Waals surface area contributed by atoms with Gasteiger partial charge in [-0.1, -0.05) is 0 Å². The summed E-state index contributed by atoms with van der Waals surface area (Å²) in [6.07, 6.45) is 0.165. The van der Waals surface area contributed by atoms with Crippen LogP contribution in [0.4, 0.5) is 5.69 Å². The molecule has 0 bridgehead atoms. The first-order valence-corrected chi connectivity index (χ1v) is 4.82. The van der Waals surface area contributed by atoms with Crippen molar-refractivity contribution in [3.05, 3.63) is 33.4 Å². The van der Waals surface area contributed by atoms with Crippen molar-refractivity contribution >= 4 is 18.1 Å². The summed E-state index contributed by atoms with van der Waals surface area (Å²) in [6.45, 7) is 1.44. The number of halogens is 1. The Morgan fingerprint density at radius 3 is 2.59 bits per heavy atom. The maximum absolute atomic E-state index is 10.8. The summed E-state index contributed by atoms with van der Waals surface area (Å²) in [7, 11) is 0. The molecule has 0 saturated heterocycles. The number of aromatic hydroxyl groups is 1. The summed E-state index contributed by atoms with van der Waals surface area (Å²) < 4.78 is 0. The number of rotatable bonds is 4. The third-order valence-corrected chi connectivity index (χ3v) is 2.40. The van der Waals surface area contributed by atoms with E-state index in [4.69, 9.17) is 10.8 Å². The molecule has 96 valence electrons. The minimum Gasteiger partial charge on any atom is -0.507 e. The van der Waals surface area contributed by atoms with Crippen LogP contribution >= 0.6 is 12.4 Å². The summed E-state index contributed by atoms with van der Waals surface area (Å²) in [5.74, 6) is -0.171. The molecule has 0 unspecified atom stereocenters. The Kier molecular flexibility index (Phi) is 5.87. The fraction of sp³-hybridized carbons (Fsp3) is 0.400. The van der Waals surface area contributed by atoms with E-state index in [1.165, 1.54) is 12.1 Å². The van der Waals surface area contributed by atoms with Crippen LogP contribution in [0.1, 0.15) is 23.6 Å². The summed E-state index contributed by atoms with van der Waals surface area (Å²) in [6, 6.07) is 2.02. The van der Waals surface area contributed by atoms with Gasteiger partial charge in [-0.15, -0.1) is 12.4 Å². The fourth-order valence-corrected chi connectivity index (χ4v) is 1.51. The largest absolute Gasteiger partial charge is 0.507 e. The fourth-order valence-electron chi connectivity index (χ4n) is 1.51. The molecule has 0 amide bonds. The van der Waals surface area contributed by atoms with Gasteiger partial charge in [0.25, 0.3) is 5.69 Å². The highest BCUT2D eigenvalue weighted by Gasteiger charge is 2.24. The van der Waals surface area contributed by atoms with E-state index in [0.717, 1.165) is 0 Å². The Morgan fingerprint density at radius 2 is 2.12 bits per heavy atom. The standard InChI is InChI=1S/C10H14N2O4.ClH/c1-6-2-3-8(12(15)16)9(10(6)14)7(11)4-5-13;/h2-3,7,13-14H,4-5,11H2,1H3;1H/t7-;/m1./s1. The van der Waals surface area contributed by atoms with Crippen molar-refractivity contribution in [2.45, 2.75) is 19.4 Å². The van der Waals surface area contributed by atoms with Gasteiger partial charge in [0.05, 0.1) is 10.5 Å². The Labute approximate surface area is 105 Å². The molecule has 0 aliphatic carbocycles. The van der Waals surface area contributed by atoms with E-state index < -0.39 is 11.0 Å². The van der Waals surface area contributed by atoms with Crippen LogP contribution in [0.25, 0.3) is 0 Å². The highest BCUT2D eigenvalue weighted by atomic mass is 35.5. The summed E-state index contributed by atoms with van der Waals surface area (Å²) in [5, 5.41) is 29.3. The normalized spacial score (nSPS) is 11.7. The van der Waals surface area contributed by atoms with E-state index in [1.807, 2.05) is 0 Å². The van der Waals surface area contributed by atoms with Gasteiger partial charge in [-0.05, 0) is 25.0 Å². The zero-order valence-electron chi connectivity index (χ0n) is 9.29. The first kappa shape index (κ1) is 15.6. The van der Waals surface area contributed by atoms with E-state index in [-0.39, 0.29) is 42.4 Å². The lowest BCUT2D eigenvalue weighted by molar-refractivity contribution is -0.385. The number of nitrogens with zero attached hydrogens (tertiary/aromatic N) is 1. The van der Waals surface area contributed by atoms with Crippen LogP contribution in [0.5, 0.6) is 5.75 Å². The number of phenolic OH excluding ortho intramolecular Hbond substituents is 1. The molecule has 1 aromatic carbocycles. The molecule has 0 fully saturated rings. The number of aliphatic hydroxyl groups excluding tert-OH is 1. The number of phenols is 1. The first-order chi connectivity index (χ1) is 7.49. The minimum absolute atomic E-state index is 0. The minimum atomic E-state index is -0.745. The van der Waals surface area contributed by atoms with Crippen LogP contribution in [0.3, 0.4) is 0 Å². The number of nitrogens with two attached hydrogens (primary N) is 1. The Balaban J connectivity index is 0.00000256. The summed E-state index contributed by atoms with van der Waals surface area (Å²) >= 11 is 0. The second-order valence-corrected chi connectivity index (χ2v) is 3.54. The number of hydrogen-bond acceptors (Lipinski definition) is 5. The number of aryl methyl sites for hydroxylation is 1. The van der Waals surface area contributed by atoms with Crippen LogP contribution in [0, 0.1) is 17.0 Å². The highest BCUT2D eigenvalue weighted by molar-refractivity contribution is 5.85. The Bertz CT molecular complexity index is 412. The molecule has 0 saturated carbocycles. The van der Waals surface area contributed by atoms with Crippen molar-refractivity contribution in [1.82, 2.24) is 0 Å². The van der Waals surface area contributed by atoms with Crippen molar-refractivity contribution in [2.24, 2.45) is 5.73 Å². The van der Waals surface area contributed by atoms with Gasteiger partial charge < -0.3 is 15.9 Å². The molecular weight excluding hydrogens is 248 g/mol. The molecule has 6 nitrogen and oxygen atoms in total. The number of benzene rings is 1. The lowest BCUT2D eigenvalue weighted by Crippen LogP contribution is -2.14. The molecule has 4 N–H and O–H groups in total. The molecule has 0 aliphatic heterocycles. The molecular formula is C10H15ClN2O4. The molecule has 1 aromatic rings. The predicted molar refractivity (Wildman–Crippen MR) is 65.4 cm³/mol. The molecule has 0 aliphatic rings. The van der Waals surface area contributed by atoms with Gasteiger partial charge in [0, 0.05) is 18.7 Å². The van der Waals surface area contributed by atoms with Gasteiger partial charge in [0.15, 0.2) is 0 Å². The van der Waals surface area contributed by atoms with E-state index in [9.17, 15) is 15.2 Å². The van der Waals surface area contributed by atoms with E-state index in [2.05, 4.69) is 0 Å². The third-order valence-electron chi connectivity index (χ3n) is 2.40. The second kappa shape index (κ2) is 6.39. The number of nitro benzene ring substituents is 1. The highest BCUT2D eigenvalue weighted by Crippen LogP contribution is 2.35. The van der Waals surface area contributed by atoms with Crippen molar-refractivity contribution in [2.75, 3.05) is 6.61 Å². The average Bonchev–Trinajstić information content (AvgIpc) is 2.21. The van der Waals surface area contributed by atoms with Gasteiger partial charge >= 0.3 is 0 Å². The second-order valence-electron chi connectivity index (χ2n) is 3.54. The Hall–Kier alpha value is -1.37. The van der Waals surface area contributed by atoms with Gasteiger partial charge in [-0.2, -0.15) is 0 Å². The van der Waals surface area contributed by atoms with Crippen molar-refractivity contribution < 1.29 is 15.1 Å². The van der Waals surface area contributed by atoms with Crippen LogP contribution in [0.2, 0.25) is 0 Å². The monoisotopic (exact) mass is 262 g/mol. The lowest BCUT2D eigenvalue weighted by Gasteiger charge is -2.13. The summed E-state index contributed by atoms with van der Waals surface area (Å²) in [5.41, 5.74) is 6.08. The molecule has 1 atom stereocenters. The van der Waals surface area contributed by atoms with E-state index in [0.29, 0.717) is 5.56 Å². The molecule has 1 rings (SSSR count). The van der Waals surface area contributed by atoms with E-state index >= 15 is 0 Å². The molecule has 0 radical (unpaired) electrons. The van der Waals surface area contributed by atoms with Gasteiger partial charge in [-0.3, -0.25) is 10.1 Å². The molecule has 7 heteroatoms. The molecule has 0 aromatic heterocycles. The predicted octanol–water partition coefficient (Wildman–Crippen LogP) is 1.41. The smallest absolute Gasteiger partial charge is 0.277 e. The van der Waals surface area contributed by atoms with Crippen LogP contribution in [-0.4, -0.2) is 21.7 Å². The zero-order chi connectivity index (χ0) is 12.3. The van der Waals surface area contributed by atoms with Gasteiger partial charge in [-0.25, -0.2) is 0 Å². The SMILES string of the molecule is Cc1ccc([N+](=O)[O-])c([C@H](N)CCO)c1O.Cl. The Morgan fingerprint density at radius 1 is 1.53 bits per heavy atom. The van der Waals surface area contributed by atoms with Gasteiger partial charge in [0.1, 0.15) is 5.75 Å². The summed E-state index contributed by atoms with van der Waals surface area (Å²) in [4.78, 5) is 10.2. The number of aliphatic hydroxyl groups is 1. The topological polar surface area (TPSA) is 110 Å². The quantitative estimate of drug-likeness (QED) is 0.561. The van der Waals surface area contributed by atoms with Crippen molar-refractivity contribution in [3.8, 4) is 5.75 Å². The van der Waals surface area contributed by atoms with Crippen LogP contribution in [0.15, 0.2) is 12.1 Å². The number of hydrogen-bond donors (Lipinski definition) is 3. The maximum atomic E-state index is 10.8. The van der Waals surface area contributed by atoms with Crippen molar-refractivity contribution in [3.63, 3.8) is 0 Å². The third kappa shape index (κ3) is 3.29. The molecule has 17 heavy (non-hydrogen) atoms. The van der Waals surface area contributed by atoms with Gasteiger partial charge in [0.2, 0.25) is 0 Å². The number of nitro groups is 1. The van der Waals surface area contributed by atoms with Crippen LogP contribution < -0.4 is 5.73 Å². The molecule has 0 spiro atoms. The van der Waals surface area contributed by atoms with E-state index in [1.54, 1.807) is 6.92 Å². The first-order valence-electron chi connectivity index (χ1n) is 4.82.